The molecule has 1 aliphatic rings. The van der Waals surface area contributed by atoms with Crippen molar-refractivity contribution in [2.45, 2.75) is 12.5 Å². The highest BCUT2D eigenvalue weighted by atomic mass is 16.6. The van der Waals surface area contributed by atoms with Crippen LogP contribution in [0.2, 0.25) is 0 Å². The third-order valence-electron chi connectivity index (χ3n) is 3.14. The maximum absolute atomic E-state index is 11.8. The lowest BCUT2D eigenvalue weighted by Gasteiger charge is -2.14. The maximum Gasteiger partial charge on any atom is 0.293 e. The average molecular weight is 279 g/mol. The first-order valence-corrected chi connectivity index (χ1v) is 6.33. The second-order valence-corrected chi connectivity index (χ2v) is 4.89. The molecule has 1 saturated heterocycles. The fourth-order valence-electron chi connectivity index (χ4n) is 2.06. The minimum absolute atomic E-state index is 0.0732. The molecule has 1 amide bonds. The topological polar surface area (TPSA) is 84.7 Å². The Balaban J connectivity index is 2.28. The lowest BCUT2D eigenvalue weighted by atomic mass is 10.1. The number of carbonyl (C=O) groups excluding carboxylic acids is 1. The summed E-state index contributed by atoms with van der Waals surface area (Å²) in [5, 5.41) is 14.2. The van der Waals surface area contributed by atoms with Gasteiger partial charge in [-0.25, -0.2) is 0 Å². The van der Waals surface area contributed by atoms with E-state index in [4.69, 9.17) is 4.74 Å². The average Bonchev–Trinajstić information content (AvgIpc) is 2.91. The van der Waals surface area contributed by atoms with Crippen LogP contribution in [0, 0.1) is 10.1 Å². The molecule has 108 valence electrons. The van der Waals surface area contributed by atoms with Crippen molar-refractivity contribution in [2.75, 3.05) is 32.6 Å². The lowest BCUT2D eigenvalue weighted by molar-refractivity contribution is -0.384. The van der Waals surface area contributed by atoms with Gasteiger partial charge in [-0.2, -0.15) is 0 Å². The number of hydrogen-bond donors (Lipinski definition) is 1. The van der Waals surface area contributed by atoms with E-state index in [1.165, 1.54) is 11.0 Å². The van der Waals surface area contributed by atoms with E-state index in [9.17, 15) is 14.9 Å². The number of benzene rings is 1. The molecular formula is C13H17N3O4. The predicted octanol–water partition coefficient (Wildman–Crippen LogP) is 1.50. The molecule has 0 radical (unpaired) electrons. The van der Waals surface area contributed by atoms with E-state index in [1.54, 1.807) is 26.2 Å². The van der Waals surface area contributed by atoms with Gasteiger partial charge >= 0.3 is 0 Å². The molecule has 0 saturated carbocycles. The standard InChI is InChI=1S/C13H17N3O4/c1-15(2)13(17)9-3-4-11(12(7-9)16(18)19)14-10-5-6-20-8-10/h3-4,7,10,14H,5-6,8H2,1-2H3. The number of nitrogens with one attached hydrogen (secondary N) is 1. The number of anilines is 1. The molecule has 1 aromatic carbocycles. The summed E-state index contributed by atoms with van der Waals surface area (Å²) < 4.78 is 5.23. The van der Waals surface area contributed by atoms with Crippen molar-refractivity contribution in [3.05, 3.63) is 33.9 Å². The quantitative estimate of drug-likeness (QED) is 0.667. The first kappa shape index (κ1) is 14.3. The monoisotopic (exact) mass is 279 g/mol. The van der Waals surface area contributed by atoms with Crippen molar-refractivity contribution < 1.29 is 14.5 Å². The summed E-state index contributed by atoms with van der Waals surface area (Å²) in [6.45, 7) is 1.19. The van der Waals surface area contributed by atoms with Crippen molar-refractivity contribution in [1.82, 2.24) is 4.90 Å². The largest absolute Gasteiger partial charge is 0.379 e. The Hall–Kier alpha value is -2.15. The Bertz CT molecular complexity index is 524. The normalized spacial score (nSPS) is 17.8. The Kier molecular flexibility index (Phi) is 4.19. The first-order valence-electron chi connectivity index (χ1n) is 6.33. The number of nitro groups is 1. The molecule has 1 atom stereocenters. The number of nitro benzene ring substituents is 1. The highest BCUT2D eigenvalue weighted by Crippen LogP contribution is 2.27. The molecule has 1 fully saturated rings. The molecule has 0 aromatic heterocycles. The van der Waals surface area contributed by atoms with E-state index in [0.29, 0.717) is 24.5 Å². The Labute approximate surface area is 116 Å². The van der Waals surface area contributed by atoms with Crippen molar-refractivity contribution in [3.8, 4) is 0 Å². The second-order valence-electron chi connectivity index (χ2n) is 4.89. The zero-order valence-electron chi connectivity index (χ0n) is 11.5. The van der Waals surface area contributed by atoms with Crippen LogP contribution in [0.15, 0.2) is 18.2 Å². The van der Waals surface area contributed by atoms with Crippen LogP contribution in [-0.4, -0.2) is 49.1 Å². The van der Waals surface area contributed by atoms with Gasteiger partial charge in [-0.05, 0) is 18.6 Å². The predicted molar refractivity (Wildman–Crippen MR) is 74.0 cm³/mol. The van der Waals surface area contributed by atoms with E-state index in [0.717, 1.165) is 6.42 Å². The molecule has 7 heteroatoms. The van der Waals surface area contributed by atoms with E-state index >= 15 is 0 Å². The summed E-state index contributed by atoms with van der Waals surface area (Å²) in [6.07, 6.45) is 0.815. The molecule has 1 unspecified atom stereocenters. The van der Waals surface area contributed by atoms with Gasteiger partial charge < -0.3 is 15.0 Å². The molecule has 0 bridgehead atoms. The van der Waals surface area contributed by atoms with Crippen LogP contribution in [-0.2, 0) is 4.74 Å². The summed E-state index contributed by atoms with van der Waals surface area (Å²) >= 11 is 0. The summed E-state index contributed by atoms with van der Waals surface area (Å²) in [5.74, 6) is -0.260. The third kappa shape index (κ3) is 3.05. The molecule has 1 N–H and O–H groups in total. The van der Waals surface area contributed by atoms with Gasteiger partial charge in [-0.15, -0.1) is 0 Å². The van der Waals surface area contributed by atoms with Gasteiger partial charge in [0.15, 0.2) is 0 Å². The number of amides is 1. The van der Waals surface area contributed by atoms with Crippen molar-refractivity contribution in [3.63, 3.8) is 0 Å². The molecule has 2 rings (SSSR count). The minimum Gasteiger partial charge on any atom is -0.379 e. The van der Waals surface area contributed by atoms with Crippen molar-refractivity contribution in [1.29, 1.82) is 0 Å². The highest BCUT2D eigenvalue weighted by molar-refractivity contribution is 5.95. The zero-order valence-corrected chi connectivity index (χ0v) is 11.5. The van der Waals surface area contributed by atoms with E-state index in [-0.39, 0.29) is 17.6 Å². The van der Waals surface area contributed by atoms with Crippen LogP contribution < -0.4 is 5.32 Å². The molecule has 1 aliphatic heterocycles. The number of rotatable bonds is 4. The lowest BCUT2D eigenvalue weighted by Crippen LogP contribution is -2.22. The van der Waals surface area contributed by atoms with Crippen LogP contribution >= 0.6 is 0 Å². The van der Waals surface area contributed by atoms with Gasteiger partial charge in [0.05, 0.1) is 17.6 Å². The summed E-state index contributed by atoms with van der Waals surface area (Å²) in [5.41, 5.74) is 0.625. The Morgan fingerprint density at radius 3 is 2.80 bits per heavy atom. The number of hydrogen-bond acceptors (Lipinski definition) is 5. The van der Waals surface area contributed by atoms with Crippen LogP contribution in [0.3, 0.4) is 0 Å². The molecular weight excluding hydrogens is 262 g/mol. The fraction of sp³-hybridized carbons (Fsp3) is 0.462. The second kappa shape index (κ2) is 5.87. The van der Waals surface area contributed by atoms with Gasteiger partial charge in [0, 0.05) is 32.3 Å². The molecule has 1 heterocycles. The maximum atomic E-state index is 11.8. The SMILES string of the molecule is CN(C)C(=O)c1ccc(NC2CCOC2)c([N+](=O)[O-])c1. The third-order valence-corrected chi connectivity index (χ3v) is 3.14. The highest BCUT2D eigenvalue weighted by Gasteiger charge is 2.22. The van der Waals surface area contributed by atoms with Crippen molar-refractivity contribution >= 4 is 17.3 Å². The smallest absolute Gasteiger partial charge is 0.293 e. The van der Waals surface area contributed by atoms with Crippen LogP contribution in [0.5, 0.6) is 0 Å². The van der Waals surface area contributed by atoms with Gasteiger partial charge in [-0.1, -0.05) is 0 Å². The molecule has 7 nitrogen and oxygen atoms in total. The van der Waals surface area contributed by atoms with Gasteiger partial charge in [0.1, 0.15) is 5.69 Å². The minimum atomic E-state index is -0.482. The Morgan fingerprint density at radius 2 is 2.25 bits per heavy atom. The van der Waals surface area contributed by atoms with E-state index in [2.05, 4.69) is 5.32 Å². The van der Waals surface area contributed by atoms with Crippen LogP contribution in [0.1, 0.15) is 16.8 Å². The van der Waals surface area contributed by atoms with Crippen LogP contribution in [0.25, 0.3) is 0 Å². The first-order chi connectivity index (χ1) is 9.49. The van der Waals surface area contributed by atoms with E-state index in [1.807, 2.05) is 0 Å². The van der Waals surface area contributed by atoms with Crippen LogP contribution in [0.4, 0.5) is 11.4 Å². The summed E-state index contributed by atoms with van der Waals surface area (Å²) in [4.78, 5) is 23.9. The summed E-state index contributed by atoms with van der Waals surface area (Å²) in [7, 11) is 3.21. The molecule has 1 aromatic rings. The van der Waals surface area contributed by atoms with Gasteiger partial charge in [-0.3, -0.25) is 14.9 Å². The zero-order chi connectivity index (χ0) is 14.7. The molecule has 0 aliphatic carbocycles. The van der Waals surface area contributed by atoms with Gasteiger partial charge in [0.25, 0.3) is 11.6 Å². The fourth-order valence-corrected chi connectivity index (χ4v) is 2.06. The Morgan fingerprint density at radius 1 is 1.50 bits per heavy atom. The molecule has 20 heavy (non-hydrogen) atoms. The van der Waals surface area contributed by atoms with E-state index < -0.39 is 4.92 Å². The molecule has 0 spiro atoms. The summed E-state index contributed by atoms with van der Waals surface area (Å²) in [6, 6.07) is 4.55. The number of carbonyl (C=O) groups is 1. The number of ether oxygens (including phenoxy) is 1. The van der Waals surface area contributed by atoms with Crippen molar-refractivity contribution in [2.24, 2.45) is 0 Å². The number of nitrogens with zero attached hydrogens (tertiary/aromatic N) is 2. The van der Waals surface area contributed by atoms with Gasteiger partial charge in [0.2, 0.25) is 0 Å².